The van der Waals surface area contributed by atoms with Gasteiger partial charge in [0.15, 0.2) is 0 Å². The Kier molecular flexibility index (Phi) is 1.77. The highest BCUT2D eigenvalue weighted by Crippen LogP contribution is 2.22. The van der Waals surface area contributed by atoms with Crippen LogP contribution in [0, 0.1) is 0 Å². The molecule has 2 heterocycles. The summed E-state index contributed by atoms with van der Waals surface area (Å²) < 4.78 is 5.10. The maximum absolute atomic E-state index is 11.2. The Morgan fingerprint density at radius 2 is 2.42 bits per heavy atom. The summed E-state index contributed by atoms with van der Waals surface area (Å²) in [5.41, 5.74) is 0.672. The molecule has 1 aromatic heterocycles. The molecule has 0 aliphatic carbocycles. The zero-order valence-corrected chi connectivity index (χ0v) is 7.02. The fraction of sp³-hybridized carbons (Fsp3) is 0.625. The van der Waals surface area contributed by atoms with Gasteiger partial charge in [0.1, 0.15) is 5.76 Å². The van der Waals surface area contributed by atoms with Crippen molar-refractivity contribution in [3.05, 3.63) is 21.7 Å². The molecule has 4 nitrogen and oxygen atoms in total. The van der Waals surface area contributed by atoms with E-state index in [0.717, 1.165) is 24.3 Å². The first kappa shape index (κ1) is 7.61. The van der Waals surface area contributed by atoms with Crippen LogP contribution in [-0.2, 0) is 6.54 Å². The largest absolute Gasteiger partial charge is 0.383 e. The minimum absolute atomic E-state index is 0.0914. The second-order valence-corrected chi connectivity index (χ2v) is 3.24. The molecule has 2 rings (SSSR count). The average molecular weight is 168 g/mol. The zero-order valence-electron chi connectivity index (χ0n) is 7.02. The van der Waals surface area contributed by atoms with Gasteiger partial charge < -0.3 is 9.84 Å². The van der Waals surface area contributed by atoms with Crippen molar-refractivity contribution in [3.8, 4) is 0 Å². The Morgan fingerprint density at radius 1 is 1.58 bits per heavy atom. The van der Waals surface area contributed by atoms with Crippen LogP contribution in [0.1, 0.15) is 30.6 Å². The molecule has 0 spiro atoms. The molecule has 0 aromatic carbocycles. The third-order valence-corrected chi connectivity index (χ3v) is 2.33. The zero-order chi connectivity index (χ0) is 8.55. The SMILES string of the molecule is CC1CCNCc2c1o[nH]c2=O. The fourth-order valence-corrected chi connectivity index (χ4v) is 1.56. The molecule has 0 fully saturated rings. The molecule has 12 heavy (non-hydrogen) atoms. The summed E-state index contributed by atoms with van der Waals surface area (Å²) >= 11 is 0. The maximum atomic E-state index is 11.2. The molecule has 2 N–H and O–H groups in total. The normalized spacial score (nSPS) is 23.2. The van der Waals surface area contributed by atoms with Crippen LogP contribution in [0.5, 0.6) is 0 Å². The smallest absolute Gasteiger partial charge is 0.284 e. The van der Waals surface area contributed by atoms with Crippen molar-refractivity contribution >= 4 is 0 Å². The molecule has 1 atom stereocenters. The molecule has 1 aromatic rings. The monoisotopic (exact) mass is 168 g/mol. The Bertz CT molecular complexity index is 326. The third-order valence-electron chi connectivity index (χ3n) is 2.33. The summed E-state index contributed by atoms with van der Waals surface area (Å²) in [6.45, 7) is 3.65. The van der Waals surface area contributed by atoms with E-state index in [0.29, 0.717) is 12.5 Å². The standard InChI is InChI=1S/C8H12N2O2/c1-5-2-3-9-4-6-7(5)12-10-8(6)11/h5,9H,2-4H2,1H3,(H,10,11). The van der Waals surface area contributed by atoms with Gasteiger partial charge in [-0.3, -0.25) is 4.79 Å². The second-order valence-electron chi connectivity index (χ2n) is 3.24. The van der Waals surface area contributed by atoms with Crippen molar-refractivity contribution in [2.75, 3.05) is 6.54 Å². The molecule has 66 valence electrons. The van der Waals surface area contributed by atoms with Gasteiger partial charge in [-0.1, -0.05) is 6.92 Å². The van der Waals surface area contributed by atoms with Crippen LogP contribution in [0.3, 0.4) is 0 Å². The van der Waals surface area contributed by atoms with Crippen molar-refractivity contribution in [1.82, 2.24) is 10.5 Å². The lowest BCUT2D eigenvalue weighted by molar-refractivity contribution is 0.357. The number of aromatic nitrogens is 1. The summed E-state index contributed by atoms with van der Waals surface area (Å²) in [7, 11) is 0. The summed E-state index contributed by atoms with van der Waals surface area (Å²) in [6.07, 6.45) is 1.02. The van der Waals surface area contributed by atoms with E-state index in [2.05, 4.69) is 17.4 Å². The van der Waals surface area contributed by atoms with Crippen LogP contribution in [-0.4, -0.2) is 11.7 Å². The molecule has 4 heteroatoms. The van der Waals surface area contributed by atoms with Crippen molar-refractivity contribution in [2.45, 2.75) is 25.8 Å². The number of hydrogen-bond donors (Lipinski definition) is 2. The predicted octanol–water partition coefficient (Wildman–Crippen LogP) is 0.565. The molecular formula is C8H12N2O2. The Labute approximate surface area is 69.9 Å². The van der Waals surface area contributed by atoms with Crippen molar-refractivity contribution in [1.29, 1.82) is 0 Å². The number of fused-ring (bicyclic) bond motifs is 1. The number of H-pyrrole nitrogens is 1. The first-order valence-corrected chi connectivity index (χ1v) is 4.20. The molecule has 1 aliphatic heterocycles. The fourth-order valence-electron chi connectivity index (χ4n) is 1.56. The van der Waals surface area contributed by atoms with Gasteiger partial charge in [-0.05, 0) is 13.0 Å². The quantitative estimate of drug-likeness (QED) is 0.595. The summed E-state index contributed by atoms with van der Waals surface area (Å²) in [5, 5.41) is 5.55. The van der Waals surface area contributed by atoms with E-state index in [4.69, 9.17) is 4.52 Å². The van der Waals surface area contributed by atoms with Gasteiger partial charge in [0.25, 0.3) is 5.56 Å². The Balaban J connectivity index is 2.47. The molecular weight excluding hydrogens is 156 g/mol. The van der Waals surface area contributed by atoms with Crippen molar-refractivity contribution in [2.24, 2.45) is 0 Å². The van der Waals surface area contributed by atoms with Crippen molar-refractivity contribution < 1.29 is 4.52 Å². The van der Waals surface area contributed by atoms with Gasteiger partial charge in [0, 0.05) is 12.5 Å². The minimum Gasteiger partial charge on any atom is -0.383 e. The first-order chi connectivity index (χ1) is 5.79. The van der Waals surface area contributed by atoms with Crippen LogP contribution in [0.25, 0.3) is 0 Å². The van der Waals surface area contributed by atoms with Gasteiger partial charge in [0.2, 0.25) is 0 Å². The van der Waals surface area contributed by atoms with E-state index in [1.54, 1.807) is 0 Å². The van der Waals surface area contributed by atoms with Gasteiger partial charge in [-0.25, -0.2) is 0 Å². The predicted molar refractivity (Wildman–Crippen MR) is 44.1 cm³/mol. The maximum Gasteiger partial charge on any atom is 0.284 e. The minimum atomic E-state index is -0.0914. The van der Waals surface area contributed by atoms with Crippen LogP contribution in [0.15, 0.2) is 9.32 Å². The van der Waals surface area contributed by atoms with Crippen molar-refractivity contribution in [3.63, 3.8) is 0 Å². The highest BCUT2D eigenvalue weighted by Gasteiger charge is 2.20. The lowest BCUT2D eigenvalue weighted by atomic mass is 10.0. The topological polar surface area (TPSA) is 58.0 Å². The Hall–Kier alpha value is -1.03. The molecule has 1 unspecified atom stereocenters. The van der Waals surface area contributed by atoms with Crippen LogP contribution in [0.2, 0.25) is 0 Å². The van der Waals surface area contributed by atoms with Gasteiger partial charge >= 0.3 is 0 Å². The first-order valence-electron chi connectivity index (χ1n) is 4.20. The second kappa shape index (κ2) is 2.79. The van der Waals surface area contributed by atoms with Crippen LogP contribution >= 0.6 is 0 Å². The number of hydrogen-bond acceptors (Lipinski definition) is 3. The van der Waals surface area contributed by atoms with E-state index >= 15 is 0 Å². The van der Waals surface area contributed by atoms with Crippen LogP contribution < -0.4 is 10.9 Å². The molecule has 0 saturated carbocycles. The van der Waals surface area contributed by atoms with Gasteiger partial charge in [-0.15, -0.1) is 0 Å². The molecule has 0 amide bonds. The Morgan fingerprint density at radius 3 is 3.25 bits per heavy atom. The number of nitrogens with one attached hydrogen (secondary N) is 2. The van der Waals surface area contributed by atoms with E-state index in [9.17, 15) is 4.79 Å². The highest BCUT2D eigenvalue weighted by molar-refractivity contribution is 5.18. The molecule has 0 radical (unpaired) electrons. The highest BCUT2D eigenvalue weighted by atomic mass is 16.5. The average Bonchev–Trinajstić information content (AvgIpc) is 2.30. The molecule has 1 aliphatic rings. The summed E-state index contributed by atoms with van der Waals surface area (Å²) in [5.74, 6) is 1.17. The molecule has 0 saturated heterocycles. The molecule has 0 bridgehead atoms. The van der Waals surface area contributed by atoms with E-state index in [1.807, 2.05) is 0 Å². The summed E-state index contributed by atoms with van der Waals surface area (Å²) in [6, 6.07) is 0. The van der Waals surface area contributed by atoms with E-state index < -0.39 is 0 Å². The number of rotatable bonds is 0. The van der Waals surface area contributed by atoms with Gasteiger partial charge in [0.05, 0.1) is 5.56 Å². The van der Waals surface area contributed by atoms with Crippen LogP contribution in [0.4, 0.5) is 0 Å². The van der Waals surface area contributed by atoms with E-state index in [1.165, 1.54) is 0 Å². The number of aromatic amines is 1. The lowest BCUT2D eigenvalue weighted by Crippen LogP contribution is -2.17. The van der Waals surface area contributed by atoms with E-state index in [-0.39, 0.29) is 5.56 Å². The third kappa shape index (κ3) is 1.08. The lowest BCUT2D eigenvalue weighted by Gasteiger charge is -2.02. The summed E-state index contributed by atoms with van der Waals surface area (Å²) in [4.78, 5) is 11.2. The van der Waals surface area contributed by atoms with Gasteiger partial charge in [-0.2, -0.15) is 5.16 Å².